The molecule has 62 heavy (non-hydrogen) atoms. The van der Waals surface area contributed by atoms with Crippen LogP contribution in [-0.4, -0.2) is 75.1 Å². The van der Waals surface area contributed by atoms with Gasteiger partial charge in [0, 0.05) is 34.8 Å². The van der Waals surface area contributed by atoms with Crippen LogP contribution in [0.2, 0.25) is 0 Å². The first-order valence-corrected chi connectivity index (χ1v) is 21.9. The molecular formula is C39H27N7O13S3. The fourth-order valence-electron chi connectivity index (χ4n) is 7.01. The summed E-state index contributed by atoms with van der Waals surface area (Å²) in [6.07, 6.45) is 0. The van der Waals surface area contributed by atoms with E-state index in [1.54, 1.807) is 36.4 Å². The minimum atomic E-state index is -5.36. The van der Waals surface area contributed by atoms with Crippen molar-refractivity contribution in [2.75, 3.05) is 16.0 Å². The maximum Gasteiger partial charge on any atom is 0.320 e. The number of aryl methyl sites for hydroxylation is 1. The Morgan fingerprint density at radius 3 is 1.87 bits per heavy atom. The van der Waals surface area contributed by atoms with Crippen LogP contribution in [0.15, 0.2) is 123 Å². The third-order valence-electron chi connectivity index (χ3n) is 9.66. The topological polar surface area (TPSA) is 314 Å². The Morgan fingerprint density at radius 1 is 0.613 bits per heavy atom. The lowest BCUT2D eigenvalue weighted by atomic mass is 9.80. The number of carbonyl (C=O) groups excluding carboxylic acids is 2. The molecule has 8 rings (SSSR count). The number of rotatable bonds is 11. The number of nitrogens with one attached hydrogen (secondary N) is 3. The number of nitrogens with zero attached hydrogens (tertiary/aromatic N) is 4. The molecule has 0 amide bonds. The van der Waals surface area contributed by atoms with Gasteiger partial charge in [-0.2, -0.15) is 40.2 Å². The molecule has 1 aliphatic carbocycles. The first-order valence-electron chi connectivity index (χ1n) is 17.6. The summed E-state index contributed by atoms with van der Waals surface area (Å²) in [5, 5.41) is 18.4. The van der Waals surface area contributed by atoms with Crippen molar-refractivity contribution >= 4 is 87.5 Å². The van der Waals surface area contributed by atoms with Crippen molar-refractivity contribution in [3.05, 3.63) is 136 Å². The predicted octanol–water partition coefficient (Wildman–Crippen LogP) is 4.84. The van der Waals surface area contributed by atoms with Gasteiger partial charge in [0.2, 0.25) is 11.9 Å². The molecule has 20 nitrogen and oxygen atoms in total. The van der Waals surface area contributed by atoms with E-state index < -0.39 is 91.1 Å². The Hall–Kier alpha value is -7.41. The number of aromatic nitrogens is 4. The Labute approximate surface area is 349 Å². The highest BCUT2D eigenvalue weighted by atomic mass is 32.2. The van der Waals surface area contributed by atoms with Gasteiger partial charge < -0.3 is 25.6 Å². The van der Waals surface area contributed by atoms with E-state index in [9.17, 15) is 58.4 Å². The summed E-state index contributed by atoms with van der Waals surface area (Å²) < 4.78 is 106. The third-order valence-corrected chi connectivity index (χ3v) is 12.3. The van der Waals surface area contributed by atoms with Gasteiger partial charge >= 0.3 is 6.01 Å². The molecule has 314 valence electrons. The minimum Gasteiger partial charge on any atom is -0.479 e. The lowest BCUT2D eigenvalue weighted by molar-refractivity contribution is 0.102. The number of fused-ring (bicyclic) bond motifs is 2. The molecule has 0 fully saturated rings. The van der Waals surface area contributed by atoms with Gasteiger partial charge in [0.25, 0.3) is 35.9 Å². The summed E-state index contributed by atoms with van der Waals surface area (Å²) in [6, 6.07) is 21.7. The number of anilines is 6. The van der Waals surface area contributed by atoms with Gasteiger partial charge in [0.05, 0.1) is 38.6 Å². The van der Waals surface area contributed by atoms with Crippen LogP contribution in [0.3, 0.4) is 0 Å². The second-order valence-electron chi connectivity index (χ2n) is 13.5. The first-order chi connectivity index (χ1) is 29.2. The summed E-state index contributed by atoms with van der Waals surface area (Å²) in [7, 11) is -14.1. The number of pyridine rings is 1. The highest BCUT2D eigenvalue weighted by Gasteiger charge is 2.35. The van der Waals surface area contributed by atoms with Gasteiger partial charge in [-0.05, 0) is 54.1 Å². The Morgan fingerprint density at radius 2 is 1.23 bits per heavy atom. The number of benzene rings is 5. The molecule has 0 unspecified atom stereocenters. The molecule has 0 atom stereocenters. The van der Waals surface area contributed by atoms with Gasteiger partial charge in [0.1, 0.15) is 9.79 Å². The van der Waals surface area contributed by atoms with Crippen LogP contribution in [0.5, 0.6) is 6.01 Å². The lowest BCUT2D eigenvalue weighted by Gasteiger charge is -2.26. The summed E-state index contributed by atoms with van der Waals surface area (Å²) in [5.74, 6) is -2.40. The van der Waals surface area contributed by atoms with Crippen molar-refractivity contribution < 1.29 is 53.6 Å². The maximum absolute atomic E-state index is 14.5. The van der Waals surface area contributed by atoms with Gasteiger partial charge in [-0.1, -0.05) is 54.6 Å². The second kappa shape index (κ2) is 14.9. The molecular weight excluding hydrogens is 871 g/mol. The largest absolute Gasteiger partial charge is 0.479 e. The van der Waals surface area contributed by atoms with Crippen molar-refractivity contribution in [1.82, 2.24) is 19.5 Å². The number of ketones is 2. The summed E-state index contributed by atoms with van der Waals surface area (Å²) in [5.41, 5.74) is -2.56. The SMILES string of the molecule is Cn1c(=O)c(C(=O)c2cccc(S(=O)(=O)O)c2)c2c3c(c(Nc4cc(Nc5nc(O)nc(Nc6ccccc6)n5)c(S(=O)(=O)O)cc4S(=O)(=O)O)ccc31)C(=O)c1ccccc1-2. The van der Waals surface area contributed by atoms with E-state index >= 15 is 0 Å². The van der Waals surface area contributed by atoms with E-state index in [0.29, 0.717) is 11.8 Å². The zero-order chi connectivity index (χ0) is 44.5. The molecule has 0 radical (unpaired) electrons. The van der Waals surface area contributed by atoms with Crippen molar-refractivity contribution in [2.24, 2.45) is 7.05 Å². The van der Waals surface area contributed by atoms with Crippen LogP contribution in [0.1, 0.15) is 31.8 Å². The van der Waals surface area contributed by atoms with E-state index in [0.717, 1.165) is 22.8 Å². The Bertz CT molecular complexity index is 3510. The molecule has 0 aliphatic heterocycles. The molecule has 1 aliphatic rings. The monoisotopic (exact) mass is 897 g/mol. The molecule has 7 N–H and O–H groups in total. The summed E-state index contributed by atoms with van der Waals surface area (Å²) >= 11 is 0. The number of hydrogen-bond acceptors (Lipinski definition) is 16. The van der Waals surface area contributed by atoms with E-state index in [1.807, 2.05) is 0 Å². The first kappa shape index (κ1) is 41.3. The Kier molecular flexibility index (Phi) is 9.96. The van der Waals surface area contributed by atoms with Gasteiger partial charge in [-0.15, -0.1) is 0 Å². The van der Waals surface area contributed by atoms with Crippen LogP contribution in [0.4, 0.5) is 34.6 Å². The van der Waals surface area contributed by atoms with Gasteiger partial charge in [-0.25, -0.2) is 0 Å². The van der Waals surface area contributed by atoms with E-state index in [-0.39, 0.29) is 50.4 Å². The average molecular weight is 898 g/mol. The fourth-order valence-corrected chi connectivity index (χ4v) is 8.92. The molecule has 2 heterocycles. The van der Waals surface area contributed by atoms with Gasteiger partial charge in [0.15, 0.2) is 11.6 Å². The molecule has 0 spiro atoms. The minimum absolute atomic E-state index is 0.00972. The number of aromatic hydroxyl groups is 1. The Balaban J connectivity index is 1.34. The summed E-state index contributed by atoms with van der Waals surface area (Å²) in [6.45, 7) is 0. The van der Waals surface area contributed by atoms with Crippen molar-refractivity contribution in [2.45, 2.75) is 14.7 Å². The van der Waals surface area contributed by atoms with Crippen molar-refractivity contribution in [3.63, 3.8) is 0 Å². The second-order valence-corrected chi connectivity index (χ2v) is 17.7. The molecule has 5 aromatic carbocycles. The molecule has 23 heteroatoms. The molecule has 7 aromatic rings. The quantitative estimate of drug-likeness (QED) is 0.0674. The number of hydrogen-bond donors (Lipinski definition) is 7. The number of para-hydroxylation sites is 1. The molecule has 0 bridgehead atoms. The zero-order valence-corrected chi connectivity index (χ0v) is 33.7. The van der Waals surface area contributed by atoms with Crippen LogP contribution in [0, 0.1) is 0 Å². The lowest BCUT2D eigenvalue weighted by Crippen LogP contribution is -2.29. The van der Waals surface area contributed by atoms with E-state index in [1.165, 1.54) is 49.5 Å². The van der Waals surface area contributed by atoms with Crippen LogP contribution in [0.25, 0.3) is 22.0 Å². The predicted molar refractivity (Wildman–Crippen MR) is 222 cm³/mol. The highest BCUT2D eigenvalue weighted by molar-refractivity contribution is 7.87. The number of carbonyl (C=O) groups is 2. The highest BCUT2D eigenvalue weighted by Crippen LogP contribution is 2.45. The molecule has 0 saturated heterocycles. The van der Waals surface area contributed by atoms with E-state index in [2.05, 4.69) is 30.9 Å². The van der Waals surface area contributed by atoms with Crippen molar-refractivity contribution in [1.29, 1.82) is 0 Å². The summed E-state index contributed by atoms with van der Waals surface area (Å²) in [4.78, 5) is 51.8. The third kappa shape index (κ3) is 7.50. The van der Waals surface area contributed by atoms with E-state index in [4.69, 9.17) is 0 Å². The average Bonchev–Trinajstić information content (AvgIpc) is 3.20. The maximum atomic E-state index is 14.5. The fraction of sp³-hybridized carbons (Fsp3) is 0.0256. The molecule has 0 saturated carbocycles. The standard InChI is InChI=1S/C39H27N7O13S3/c1-46-27-15-14-24(31-32(27)30(22-12-5-6-13-23(22)35(31)48)33(36(46)49)34(47)19-8-7-11-21(16-19)60(51,52)53)41-25-17-26(29(62(57,58)59)18-28(25)61(54,55)56)42-38-43-37(44-39(50)45-38)40-20-9-3-2-4-10-20/h2-18,41H,1H3,(H,51,52,53)(H,54,55,56)(H,57,58,59)(H3,40,42,43,44,45,50). The normalized spacial score (nSPS) is 12.5. The van der Waals surface area contributed by atoms with Crippen LogP contribution in [-0.2, 0) is 37.4 Å². The van der Waals surface area contributed by atoms with Crippen molar-refractivity contribution in [3.8, 4) is 17.1 Å². The van der Waals surface area contributed by atoms with Gasteiger partial charge in [-0.3, -0.25) is 28.0 Å². The zero-order valence-electron chi connectivity index (χ0n) is 31.3. The van der Waals surface area contributed by atoms with Crippen LogP contribution >= 0.6 is 0 Å². The molecule has 2 aromatic heterocycles. The smallest absolute Gasteiger partial charge is 0.320 e. The van der Waals surface area contributed by atoms with Crippen LogP contribution < -0.4 is 21.5 Å².